The van der Waals surface area contributed by atoms with Gasteiger partial charge in [0, 0.05) is 5.56 Å². The Morgan fingerprint density at radius 2 is 1.78 bits per heavy atom. The van der Waals surface area contributed by atoms with Crippen molar-refractivity contribution in [2.75, 3.05) is 13.7 Å². The van der Waals surface area contributed by atoms with Crippen molar-refractivity contribution in [2.24, 2.45) is 0 Å². The van der Waals surface area contributed by atoms with E-state index in [1.54, 1.807) is 7.11 Å². The molecule has 0 saturated heterocycles. The second-order valence-corrected chi connectivity index (χ2v) is 9.47. The van der Waals surface area contributed by atoms with Crippen molar-refractivity contribution in [2.45, 2.75) is 26.4 Å². The van der Waals surface area contributed by atoms with Crippen LogP contribution in [0.15, 0.2) is 77.6 Å². The summed E-state index contributed by atoms with van der Waals surface area (Å²) in [6, 6.07) is 23.2. The maximum absolute atomic E-state index is 13.0. The number of unbranched alkanes of at least 4 members (excludes halogenated alkanes) is 1. The lowest BCUT2D eigenvalue weighted by Crippen LogP contribution is -2.23. The van der Waals surface area contributed by atoms with Crippen LogP contribution in [0.4, 0.5) is 0 Å². The Kier molecular flexibility index (Phi) is 7.46. The van der Waals surface area contributed by atoms with Crippen LogP contribution in [-0.4, -0.2) is 28.3 Å². The third kappa shape index (κ3) is 5.65. The van der Waals surface area contributed by atoms with E-state index in [2.05, 4.69) is 17.0 Å². The standard InChI is InChI=1S/C29H27N3O4S/c1-3-4-16-35-23-13-11-22(12-14-23)27-30-29-32(31-27)28(33)26(37-29)18-21-10-15-24(25(17-21)34-2)36-19-20-8-6-5-7-9-20/h5-15,17-18H,3-4,16,19H2,1-2H3. The van der Waals surface area contributed by atoms with Crippen LogP contribution in [0.2, 0.25) is 0 Å². The molecule has 0 saturated carbocycles. The molecule has 0 fully saturated rings. The van der Waals surface area contributed by atoms with Gasteiger partial charge in [0.05, 0.1) is 18.2 Å². The van der Waals surface area contributed by atoms with Crippen LogP contribution in [0.3, 0.4) is 0 Å². The number of nitrogens with zero attached hydrogens (tertiary/aromatic N) is 3. The molecule has 8 heteroatoms. The fourth-order valence-electron chi connectivity index (χ4n) is 3.77. The molecule has 5 rings (SSSR count). The number of thiazole rings is 1. The molecule has 0 aliphatic carbocycles. The largest absolute Gasteiger partial charge is 0.494 e. The van der Waals surface area contributed by atoms with Gasteiger partial charge in [0.15, 0.2) is 17.3 Å². The van der Waals surface area contributed by atoms with Gasteiger partial charge in [0.1, 0.15) is 12.4 Å². The molecule has 7 nitrogen and oxygen atoms in total. The van der Waals surface area contributed by atoms with Crippen molar-refractivity contribution in [3.05, 3.63) is 98.8 Å². The summed E-state index contributed by atoms with van der Waals surface area (Å²) in [5.41, 5.74) is 2.52. The first kappa shape index (κ1) is 24.5. The Morgan fingerprint density at radius 1 is 0.973 bits per heavy atom. The van der Waals surface area contributed by atoms with Crippen LogP contribution in [0.25, 0.3) is 22.4 Å². The average molecular weight is 514 g/mol. The highest BCUT2D eigenvalue weighted by Gasteiger charge is 2.13. The summed E-state index contributed by atoms with van der Waals surface area (Å²) in [4.78, 5) is 18.1. The maximum Gasteiger partial charge on any atom is 0.291 e. The average Bonchev–Trinajstić information content (AvgIpc) is 3.48. The topological polar surface area (TPSA) is 75.0 Å². The van der Waals surface area contributed by atoms with Crippen molar-refractivity contribution in [1.82, 2.24) is 14.6 Å². The summed E-state index contributed by atoms with van der Waals surface area (Å²) in [6.07, 6.45) is 3.92. The molecule has 5 aromatic rings. The maximum atomic E-state index is 13.0. The number of benzene rings is 3. The molecule has 2 aromatic heterocycles. The first-order valence-corrected chi connectivity index (χ1v) is 13.0. The lowest BCUT2D eigenvalue weighted by atomic mass is 10.2. The highest BCUT2D eigenvalue weighted by Crippen LogP contribution is 2.29. The van der Waals surface area contributed by atoms with Crippen LogP contribution in [0.1, 0.15) is 30.9 Å². The van der Waals surface area contributed by atoms with Crippen molar-refractivity contribution >= 4 is 22.4 Å². The highest BCUT2D eigenvalue weighted by atomic mass is 32.1. The fourth-order valence-corrected chi connectivity index (χ4v) is 4.68. The lowest BCUT2D eigenvalue weighted by molar-refractivity contribution is 0.284. The third-order valence-corrected chi connectivity index (χ3v) is 6.74. The minimum Gasteiger partial charge on any atom is -0.494 e. The third-order valence-electron chi connectivity index (χ3n) is 5.78. The molecule has 3 aromatic carbocycles. The first-order valence-electron chi connectivity index (χ1n) is 12.1. The van der Waals surface area contributed by atoms with Crippen LogP contribution >= 0.6 is 11.3 Å². The zero-order valence-corrected chi connectivity index (χ0v) is 21.5. The molecule has 37 heavy (non-hydrogen) atoms. The van der Waals surface area contributed by atoms with Crippen molar-refractivity contribution in [3.63, 3.8) is 0 Å². The van der Waals surface area contributed by atoms with Crippen LogP contribution in [-0.2, 0) is 6.61 Å². The summed E-state index contributed by atoms with van der Waals surface area (Å²) in [5.74, 6) is 2.56. The smallest absolute Gasteiger partial charge is 0.291 e. The van der Waals surface area contributed by atoms with Crippen molar-refractivity contribution < 1.29 is 14.2 Å². The number of rotatable bonds is 10. The van der Waals surface area contributed by atoms with E-state index in [1.165, 1.54) is 15.9 Å². The van der Waals surface area contributed by atoms with Crippen LogP contribution in [0, 0.1) is 0 Å². The molecule has 0 aliphatic heterocycles. The van der Waals surface area contributed by atoms with Gasteiger partial charge in [-0.1, -0.05) is 61.1 Å². The molecule has 0 radical (unpaired) electrons. The lowest BCUT2D eigenvalue weighted by Gasteiger charge is -2.11. The molecule has 2 heterocycles. The summed E-state index contributed by atoms with van der Waals surface area (Å²) < 4.78 is 19.1. The fraction of sp³-hybridized carbons (Fsp3) is 0.207. The minimum atomic E-state index is -0.207. The molecule has 0 bridgehead atoms. The normalized spacial score (nSPS) is 11.7. The zero-order chi connectivity index (χ0) is 25.6. The second kappa shape index (κ2) is 11.3. The van der Waals surface area contributed by atoms with E-state index in [0.717, 1.165) is 35.3 Å². The zero-order valence-electron chi connectivity index (χ0n) is 20.7. The molecule has 0 unspecified atom stereocenters. The van der Waals surface area contributed by atoms with Gasteiger partial charge in [-0.25, -0.2) is 0 Å². The van der Waals surface area contributed by atoms with Gasteiger partial charge in [-0.2, -0.15) is 9.50 Å². The van der Waals surface area contributed by atoms with Gasteiger partial charge >= 0.3 is 0 Å². The van der Waals surface area contributed by atoms with Gasteiger partial charge in [-0.3, -0.25) is 4.79 Å². The summed E-state index contributed by atoms with van der Waals surface area (Å²) >= 11 is 1.30. The molecular formula is C29H27N3O4S. The number of ether oxygens (including phenoxy) is 3. The number of hydrogen-bond donors (Lipinski definition) is 0. The molecule has 188 valence electrons. The minimum absolute atomic E-state index is 0.207. The monoisotopic (exact) mass is 513 g/mol. The summed E-state index contributed by atoms with van der Waals surface area (Å²) in [6.45, 7) is 3.27. The Bertz CT molecular complexity index is 1590. The highest BCUT2D eigenvalue weighted by molar-refractivity contribution is 7.15. The number of fused-ring (bicyclic) bond motifs is 1. The molecule has 0 amide bonds. The van der Waals surface area contributed by atoms with E-state index in [0.29, 0.717) is 40.0 Å². The second-order valence-electron chi connectivity index (χ2n) is 8.46. The molecule has 0 aliphatic rings. The first-order chi connectivity index (χ1) is 18.1. The molecule has 0 spiro atoms. The Balaban J connectivity index is 1.35. The Morgan fingerprint density at radius 3 is 2.51 bits per heavy atom. The number of aromatic nitrogens is 3. The van der Waals surface area contributed by atoms with Gasteiger partial charge in [-0.05, 0) is 60.0 Å². The predicted molar refractivity (Wildman–Crippen MR) is 146 cm³/mol. The van der Waals surface area contributed by atoms with Crippen molar-refractivity contribution in [1.29, 1.82) is 0 Å². The van der Waals surface area contributed by atoms with Crippen LogP contribution < -0.4 is 24.3 Å². The van der Waals surface area contributed by atoms with Crippen LogP contribution in [0.5, 0.6) is 17.2 Å². The van der Waals surface area contributed by atoms with Gasteiger partial charge in [-0.15, -0.1) is 5.10 Å². The van der Waals surface area contributed by atoms with Gasteiger partial charge < -0.3 is 14.2 Å². The van der Waals surface area contributed by atoms with E-state index >= 15 is 0 Å². The van der Waals surface area contributed by atoms with E-state index < -0.39 is 0 Å². The molecule has 0 atom stereocenters. The molecule has 0 N–H and O–H groups in total. The summed E-state index contributed by atoms with van der Waals surface area (Å²) in [7, 11) is 1.60. The van der Waals surface area contributed by atoms with Crippen molar-refractivity contribution in [3.8, 4) is 28.6 Å². The van der Waals surface area contributed by atoms with Gasteiger partial charge in [0.25, 0.3) is 5.56 Å². The quantitative estimate of drug-likeness (QED) is 0.241. The molecular weight excluding hydrogens is 486 g/mol. The van der Waals surface area contributed by atoms with E-state index in [1.807, 2.05) is 78.9 Å². The Labute approximate surface area is 218 Å². The SMILES string of the molecule is CCCCOc1ccc(-c2nc3sc(=Cc4ccc(OCc5ccccc5)c(OC)c4)c(=O)n3n2)cc1. The Hall–Kier alpha value is -4.17. The summed E-state index contributed by atoms with van der Waals surface area (Å²) in [5, 5.41) is 4.45. The predicted octanol–water partition coefficient (Wildman–Crippen LogP) is 5.13. The number of hydrogen-bond acceptors (Lipinski definition) is 7. The van der Waals surface area contributed by atoms with E-state index in [-0.39, 0.29) is 5.56 Å². The number of methoxy groups -OCH3 is 1. The van der Waals surface area contributed by atoms with E-state index in [9.17, 15) is 4.79 Å². The van der Waals surface area contributed by atoms with Gasteiger partial charge in [0.2, 0.25) is 4.96 Å². The van der Waals surface area contributed by atoms with E-state index in [4.69, 9.17) is 14.2 Å².